The Morgan fingerprint density at radius 1 is 0.648 bits per heavy atom. The largest absolute Gasteiger partial charge is 0.396 e. The average Bonchev–Trinajstić information content (AvgIpc) is 4.24. The maximum atomic E-state index is 11.3. The number of nitrogens with zero attached hydrogens (tertiary/aromatic N) is 10. The molecule has 9 N–H and O–H groups in total. The van der Waals surface area contributed by atoms with Crippen molar-refractivity contribution < 1.29 is 23.4 Å². The summed E-state index contributed by atoms with van der Waals surface area (Å²) in [5.74, 6) is 0.0633. The summed E-state index contributed by atoms with van der Waals surface area (Å²) in [6, 6.07) is 26.0. The van der Waals surface area contributed by atoms with Gasteiger partial charge in [-0.2, -0.15) is 0 Å². The Morgan fingerprint density at radius 2 is 1.15 bits per heavy atom. The second kappa shape index (κ2) is 23.2. The standard InChI is InChI=1S/C17H16N6O2S2.C16H20N4OS.C14H15N5O2S/c18-27(24,25)14-5-3-12(4-6-14)7-9-20-16-22-23-15(11-21-17(23)26-16)13-2-1-8-19-10-13;1-11(2)12-4-6-13(7-5-12)14-10-18-16-20(14)19-15(22-16)17-8-3-9-21;15-12(21)10-4-1-3-9(7-10)11-8-17-14-19(11)18-13(22-14)16-5-2-6-20/h1-6,8,10-11H,7,9H2,(H,20,22)(H2,18,24,25);4-7,10-11,21H,3,8-9H2,1-2H3,(H,17,19);1,3-4,7-8,20H,2,5-6H2,(H2,15,21)(H,16,18). The molecular formula is C47H51N15O5S4. The number of hydrogen-bond acceptors (Lipinski definition) is 18. The first-order valence-corrected chi connectivity index (χ1v) is 26.4. The smallest absolute Gasteiger partial charge is 0.248 e. The number of nitrogens with one attached hydrogen (secondary N) is 3. The first-order valence-electron chi connectivity index (χ1n) is 22.4. The molecule has 1 amide bonds. The summed E-state index contributed by atoms with van der Waals surface area (Å²) >= 11 is 4.42. The van der Waals surface area contributed by atoms with Crippen LogP contribution in [0.1, 0.15) is 54.1 Å². The zero-order valence-electron chi connectivity index (χ0n) is 38.6. The Labute approximate surface area is 420 Å². The van der Waals surface area contributed by atoms with Gasteiger partial charge in [0.25, 0.3) is 0 Å². The fourth-order valence-corrected chi connectivity index (χ4v) is 9.89. The molecule has 10 rings (SSSR count). The normalized spacial score (nSPS) is 11.4. The molecule has 0 saturated carbocycles. The Morgan fingerprint density at radius 3 is 1.63 bits per heavy atom. The van der Waals surface area contributed by atoms with Gasteiger partial charge in [0, 0.05) is 67.5 Å². The number of primary amides is 1. The van der Waals surface area contributed by atoms with Gasteiger partial charge in [-0.25, -0.2) is 42.1 Å². The van der Waals surface area contributed by atoms with Crippen LogP contribution in [0.25, 0.3) is 48.7 Å². The molecule has 0 unspecified atom stereocenters. The third-order valence-electron chi connectivity index (χ3n) is 10.7. The Hall–Kier alpha value is -7.19. The van der Waals surface area contributed by atoms with Crippen molar-refractivity contribution in [3.05, 3.63) is 133 Å². The molecule has 0 fully saturated rings. The summed E-state index contributed by atoms with van der Waals surface area (Å²) in [4.78, 5) is 31.1. The molecule has 0 aliphatic carbocycles. The van der Waals surface area contributed by atoms with Gasteiger partial charge < -0.3 is 31.9 Å². The molecule has 24 heteroatoms. The average molecular weight is 1030 g/mol. The number of amides is 1. The fourth-order valence-electron chi connectivity index (χ4n) is 6.98. The van der Waals surface area contributed by atoms with Crippen molar-refractivity contribution >= 4 is 80.2 Å². The monoisotopic (exact) mass is 1030 g/mol. The van der Waals surface area contributed by atoms with Crippen molar-refractivity contribution in [3.8, 4) is 33.8 Å². The van der Waals surface area contributed by atoms with Gasteiger partial charge in [0.05, 0.1) is 40.6 Å². The van der Waals surface area contributed by atoms with E-state index >= 15 is 0 Å². The number of hydrogen-bond donors (Lipinski definition) is 7. The number of aliphatic hydroxyl groups excluding tert-OH is 2. The van der Waals surface area contributed by atoms with E-state index in [2.05, 4.69) is 89.3 Å². The van der Waals surface area contributed by atoms with Gasteiger partial charge in [-0.15, -0.1) is 15.3 Å². The summed E-state index contributed by atoms with van der Waals surface area (Å²) in [6.45, 7) is 6.73. The Bertz CT molecular complexity index is 3440. The van der Waals surface area contributed by atoms with E-state index in [1.54, 1.807) is 64.2 Å². The number of aliphatic hydroxyl groups is 2. The SMILES string of the molecule is CC(C)c1ccc(-c2cnc3sc(NCCCO)nn23)cc1.NC(=O)c1cccc(-c2cnc3sc(NCCCO)nn23)c1.NS(=O)(=O)c1ccc(CCNc2nn3c(-c4cccnc4)cnc3s2)cc1. The molecule has 368 valence electrons. The molecule has 0 atom stereocenters. The van der Waals surface area contributed by atoms with E-state index in [4.69, 9.17) is 21.1 Å². The number of fused-ring (bicyclic) bond motifs is 3. The number of nitrogens with two attached hydrogens (primary N) is 2. The lowest BCUT2D eigenvalue weighted by Crippen LogP contribution is -2.12. The highest BCUT2D eigenvalue weighted by molar-refractivity contribution is 7.89. The molecule has 71 heavy (non-hydrogen) atoms. The molecule has 7 heterocycles. The minimum absolute atomic E-state index is 0.114. The Kier molecular flexibility index (Phi) is 16.4. The van der Waals surface area contributed by atoms with Gasteiger partial charge in [-0.3, -0.25) is 9.78 Å². The molecule has 0 saturated heterocycles. The lowest BCUT2D eigenvalue weighted by molar-refractivity contribution is 0.1000. The number of rotatable bonds is 18. The summed E-state index contributed by atoms with van der Waals surface area (Å²) in [6.07, 6.45) is 11.0. The highest BCUT2D eigenvalue weighted by atomic mass is 32.2. The summed E-state index contributed by atoms with van der Waals surface area (Å²) < 4.78 is 28.0. The van der Waals surface area contributed by atoms with Gasteiger partial charge in [0.15, 0.2) is 0 Å². The molecule has 0 aliphatic rings. The number of benzene rings is 3. The zero-order valence-corrected chi connectivity index (χ0v) is 41.8. The van der Waals surface area contributed by atoms with E-state index in [0.29, 0.717) is 44.0 Å². The van der Waals surface area contributed by atoms with Crippen molar-refractivity contribution in [3.63, 3.8) is 0 Å². The van der Waals surface area contributed by atoms with Crippen LogP contribution in [-0.4, -0.2) is 106 Å². The van der Waals surface area contributed by atoms with Crippen LogP contribution >= 0.6 is 34.0 Å². The zero-order chi connectivity index (χ0) is 49.9. The quantitative estimate of drug-likeness (QED) is 0.0431. The van der Waals surface area contributed by atoms with E-state index < -0.39 is 15.9 Å². The van der Waals surface area contributed by atoms with Crippen molar-refractivity contribution in [1.82, 2.24) is 48.8 Å². The predicted octanol–water partition coefficient (Wildman–Crippen LogP) is 6.88. The lowest BCUT2D eigenvalue weighted by Gasteiger charge is -2.06. The molecule has 20 nitrogen and oxygen atoms in total. The van der Waals surface area contributed by atoms with Crippen LogP contribution in [0, 0.1) is 0 Å². The van der Waals surface area contributed by atoms with Crippen molar-refractivity contribution in [2.75, 3.05) is 48.8 Å². The highest BCUT2D eigenvalue weighted by Crippen LogP contribution is 2.29. The number of sulfonamides is 1. The van der Waals surface area contributed by atoms with E-state index in [1.807, 2.05) is 28.9 Å². The van der Waals surface area contributed by atoms with Crippen LogP contribution in [0.5, 0.6) is 0 Å². The van der Waals surface area contributed by atoms with Crippen LogP contribution < -0.4 is 26.8 Å². The molecule has 0 radical (unpaired) electrons. The van der Waals surface area contributed by atoms with Crippen LogP contribution in [0.15, 0.2) is 121 Å². The molecule has 10 aromatic rings. The minimum atomic E-state index is -3.66. The number of aromatic nitrogens is 10. The van der Waals surface area contributed by atoms with Crippen molar-refractivity contribution in [2.24, 2.45) is 10.9 Å². The minimum Gasteiger partial charge on any atom is -0.396 e. The fraction of sp³-hybridized carbons (Fsp3) is 0.234. The number of anilines is 3. The van der Waals surface area contributed by atoms with E-state index in [9.17, 15) is 13.2 Å². The van der Waals surface area contributed by atoms with E-state index in [1.165, 1.54) is 51.7 Å². The number of carbonyl (C=O) groups is 1. The second-order valence-corrected chi connectivity index (χ2v) is 20.5. The van der Waals surface area contributed by atoms with Crippen LogP contribution in [0.4, 0.5) is 15.4 Å². The summed E-state index contributed by atoms with van der Waals surface area (Å²) in [5.41, 5.74) is 13.7. The second-order valence-electron chi connectivity index (χ2n) is 16.1. The maximum Gasteiger partial charge on any atom is 0.248 e. The first-order chi connectivity index (χ1) is 34.4. The van der Waals surface area contributed by atoms with Gasteiger partial charge >= 0.3 is 0 Å². The molecule has 7 aromatic heterocycles. The van der Waals surface area contributed by atoms with Gasteiger partial charge in [-0.1, -0.05) is 96.4 Å². The highest BCUT2D eigenvalue weighted by Gasteiger charge is 2.15. The number of pyridine rings is 1. The number of carbonyl (C=O) groups excluding carboxylic acids is 1. The third kappa shape index (κ3) is 12.6. The third-order valence-corrected chi connectivity index (χ3v) is 14.3. The van der Waals surface area contributed by atoms with Gasteiger partial charge in [0.1, 0.15) is 0 Å². The summed E-state index contributed by atoms with van der Waals surface area (Å²) in [7, 11) is -3.66. The van der Waals surface area contributed by atoms with E-state index in [-0.39, 0.29) is 18.1 Å². The number of imidazole rings is 3. The molecule has 0 aliphatic heterocycles. The Balaban J connectivity index is 0.000000144. The molecule has 0 spiro atoms. The van der Waals surface area contributed by atoms with Crippen LogP contribution in [-0.2, 0) is 16.4 Å². The van der Waals surface area contributed by atoms with Crippen molar-refractivity contribution in [2.45, 2.75) is 43.9 Å². The molecular weight excluding hydrogens is 983 g/mol. The molecule has 0 bridgehead atoms. The van der Waals surface area contributed by atoms with E-state index in [0.717, 1.165) is 76.0 Å². The maximum absolute atomic E-state index is 11.3. The number of primary sulfonamides is 1. The molecule has 3 aromatic carbocycles. The first kappa shape index (κ1) is 50.2. The lowest BCUT2D eigenvalue weighted by atomic mass is 10.0. The van der Waals surface area contributed by atoms with Gasteiger partial charge in [0.2, 0.25) is 46.2 Å². The van der Waals surface area contributed by atoms with Crippen molar-refractivity contribution in [1.29, 1.82) is 0 Å². The predicted molar refractivity (Wildman–Crippen MR) is 280 cm³/mol. The van der Waals surface area contributed by atoms with Crippen LogP contribution in [0.3, 0.4) is 0 Å². The topological polar surface area (TPSA) is 283 Å². The summed E-state index contributed by atoms with van der Waals surface area (Å²) in [5, 5.41) is 48.3. The van der Waals surface area contributed by atoms with Gasteiger partial charge in [-0.05, 0) is 72.7 Å². The van der Waals surface area contributed by atoms with Crippen LogP contribution in [0.2, 0.25) is 0 Å².